The third-order valence-electron chi connectivity index (χ3n) is 5.89. The number of rotatable bonds is 9. The van der Waals surface area contributed by atoms with Crippen molar-refractivity contribution in [2.45, 2.75) is 12.5 Å². The lowest BCUT2D eigenvalue weighted by molar-refractivity contribution is 0.155. The van der Waals surface area contributed by atoms with Crippen molar-refractivity contribution in [1.29, 1.82) is 0 Å². The maximum atomic E-state index is 13.0. The molecule has 4 rings (SSSR count). The molecule has 0 N–H and O–H groups in total. The van der Waals surface area contributed by atoms with E-state index in [-0.39, 0.29) is 24.2 Å². The van der Waals surface area contributed by atoms with Crippen molar-refractivity contribution < 1.29 is 17.5 Å². The molecule has 0 bridgehead atoms. The summed E-state index contributed by atoms with van der Waals surface area (Å²) >= 11 is 0. The highest BCUT2D eigenvalue weighted by molar-refractivity contribution is 7.89. The van der Waals surface area contributed by atoms with Crippen LogP contribution >= 0.6 is 0 Å². The first-order chi connectivity index (χ1) is 16.0. The van der Waals surface area contributed by atoms with Gasteiger partial charge < -0.3 is 4.74 Å². The Bertz CT molecular complexity index is 1060. The van der Waals surface area contributed by atoms with Crippen molar-refractivity contribution in [3.05, 3.63) is 102 Å². The highest BCUT2D eigenvalue weighted by Gasteiger charge is 2.31. The lowest BCUT2D eigenvalue weighted by atomic mass is 9.96. The van der Waals surface area contributed by atoms with Crippen molar-refractivity contribution in [3.63, 3.8) is 0 Å². The van der Waals surface area contributed by atoms with Crippen LogP contribution in [0.2, 0.25) is 0 Å². The molecule has 1 aliphatic rings. The Morgan fingerprint density at radius 2 is 1.33 bits per heavy atom. The maximum Gasteiger partial charge on any atom is 0.214 e. The second-order valence-electron chi connectivity index (χ2n) is 8.13. The lowest BCUT2D eigenvalue weighted by Gasteiger charge is -2.39. The molecule has 1 fully saturated rings. The predicted octanol–water partition coefficient (Wildman–Crippen LogP) is 4.33. The molecule has 0 saturated carbocycles. The van der Waals surface area contributed by atoms with E-state index >= 15 is 0 Å². The molecule has 0 radical (unpaired) electrons. The smallest absolute Gasteiger partial charge is 0.214 e. The second kappa shape index (κ2) is 10.9. The molecule has 7 heteroatoms. The number of sulfonamides is 1. The van der Waals surface area contributed by atoms with Gasteiger partial charge in [0.1, 0.15) is 11.6 Å². The van der Waals surface area contributed by atoms with Gasteiger partial charge in [-0.15, -0.1) is 0 Å². The number of hydrogen-bond acceptors (Lipinski definition) is 4. The first kappa shape index (κ1) is 23.4. The Balaban J connectivity index is 1.33. The van der Waals surface area contributed by atoms with Crippen molar-refractivity contribution in [2.75, 3.05) is 38.5 Å². The number of halogens is 1. The monoisotopic (exact) mass is 468 g/mol. The van der Waals surface area contributed by atoms with Crippen LogP contribution in [0.4, 0.5) is 4.39 Å². The highest BCUT2D eigenvalue weighted by atomic mass is 32.2. The standard InChI is InChI=1S/C26H29FN2O3S/c27-24-12-14-25(15-13-24)32-20-7-21-33(30,31)29-18-16-28(17-19-29)26(22-8-3-1-4-9-22)23-10-5-2-6-11-23/h1-6,8-15,26H,7,16-21H2. The molecule has 33 heavy (non-hydrogen) atoms. The Morgan fingerprint density at radius 1 is 0.788 bits per heavy atom. The average Bonchev–Trinajstić information content (AvgIpc) is 2.85. The number of piperazine rings is 1. The molecular weight excluding hydrogens is 439 g/mol. The normalized spacial score (nSPS) is 15.6. The zero-order valence-corrected chi connectivity index (χ0v) is 19.3. The summed E-state index contributed by atoms with van der Waals surface area (Å²) in [5.41, 5.74) is 2.41. The topological polar surface area (TPSA) is 49.9 Å². The molecule has 0 atom stereocenters. The van der Waals surface area contributed by atoms with E-state index < -0.39 is 10.0 Å². The van der Waals surface area contributed by atoms with Crippen LogP contribution in [0.1, 0.15) is 23.6 Å². The number of benzene rings is 3. The van der Waals surface area contributed by atoms with Crippen molar-refractivity contribution in [2.24, 2.45) is 0 Å². The highest BCUT2D eigenvalue weighted by Crippen LogP contribution is 2.29. The minimum Gasteiger partial charge on any atom is -0.494 e. The summed E-state index contributed by atoms with van der Waals surface area (Å²) in [4.78, 5) is 2.36. The third-order valence-corrected chi connectivity index (χ3v) is 7.85. The van der Waals surface area contributed by atoms with Crippen molar-refractivity contribution in [1.82, 2.24) is 9.21 Å². The van der Waals surface area contributed by atoms with E-state index in [1.54, 1.807) is 16.4 Å². The molecule has 5 nitrogen and oxygen atoms in total. The van der Waals surface area contributed by atoms with E-state index in [1.807, 2.05) is 36.4 Å². The molecule has 3 aromatic carbocycles. The molecule has 1 aliphatic heterocycles. The van der Waals surface area contributed by atoms with Gasteiger partial charge in [-0.25, -0.2) is 12.8 Å². The maximum absolute atomic E-state index is 13.0. The summed E-state index contributed by atoms with van der Waals surface area (Å²) in [5.74, 6) is 0.246. The molecular formula is C26H29FN2O3S. The van der Waals surface area contributed by atoms with Gasteiger partial charge in [-0.2, -0.15) is 4.31 Å². The van der Waals surface area contributed by atoms with E-state index in [9.17, 15) is 12.8 Å². The van der Waals surface area contributed by atoms with Crippen LogP contribution in [0.25, 0.3) is 0 Å². The Hall–Kier alpha value is -2.74. The third kappa shape index (κ3) is 6.19. The van der Waals surface area contributed by atoms with Gasteiger partial charge in [0, 0.05) is 26.2 Å². The summed E-state index contributed by atoms with van der Waals surface area (Å²) in [7, 11) is -3.36. The van der Waals surface area contributed by atoms with Crippen LogP contribution in [0, 0.1) is 5.82 Å². The van der Waals surface area contributed by atoms with Gasteiger partial charge in [0.05, 0.1) is 18.4 Å². The number of nitrogens with zero attached hydrogens (tertiary/aromatic N) is 2. The van der Waals surface area contributed by atoms with E-state index in [4.69, 9.17) is 4.74 Å². The molecule has 0 aromatic heterocycles. The first-order valence-electron chi connectivity index (χ1n) is 11.2. The zero-order valence-electron chi connectivity index (χ0n) is 18.5. The number of hydrogen-bond donors (Lipinski definition) is 0. The van der Waals surface area contributed by atoms with Gasteiger partial charge in [0.25, 0.3) is 0 Å². The first-order valence-corrected chi connectivity index (χ1v) is 12.8. The molecule has 0 spiro atoms. The molecule has 0 aliphatic carbocycles. The lowest BCUT2D eigenvalue weighted by Crippen LogP contribution is -2.50. The second-order valence-corrected chi connectivity index (χ2v) is 10.2. The fourth-order valence-electron chi connectivity index (χ4n) is 4.22. The number of ether oxygens (including phenoxy) is 1. The minimum atomic E-state index is -3.36. The van der Waals surface area contributed by atoms with Crippen molar-refractivity contribution >= 4 is 10.0 Å². The van der Waals surface area contributed by atoms with Crippen LogP contribution < -0.4 is 4.74 Å². The summed E-state index contributed by atoms with van der Waals surface area (Å²) in [6.45, 7) is 2.54. The summed E-state index contributed by atoms with van der Waals surface area (Å²) in [5, 5.41) is 0. The molecule has 1 saturated heterocycles. The van der Waals surface area contributed by atoms with Crippen LogP contribution in [-0.4, -0.2) is 56.2 Å². The Labute approximate surface area is 195 Å². The Kier molecular flexibility index (Phi) is 7.75. The van der Waals surface area contributed by atoms with E-state index in [1.165, 1.54) is 23.3 Å². The summed E-state index contributed by atoms with van der Waals surface area (Å²) < 4.78 is 45.8. The van der Waals surface area contributed by atoms with Crippen LogP contribution in [0.15, 0.2) is 84.9 Å². The van der Waals surface area contributed by atoms with Gasteiger partial charge in [-0.3, -0.25) is 4.90 Å². The van der Waals surface area contributed by atoms with Gasteiger partial charge in [-0.05, 0) is 41.8 Å². The fourth-order valence-corrected chi connectivity index (χ4v) is 5.68. The zero-order chi connectivity index (χ0) is 23.1. The van der Waals surface area contributed by atoms with E-state index in [0.717, 1.165) is 0 Å². The quantitative estimate of drug-likeness (QED) is 0.439. The van der Waals surface area contributed by atoms with Crippen molar-refractivity contribution in [3.8, 4) is 5.75 Å². The molecule has 0 unspecified atom stereocenters. The average molecular weight is 469 g/mol. The van der Waals surface area contributed by atoms with Gasteiger partial charge in [0.2, 0.25) is 10.0 Å². The molecule has 1 heterocycles. The predicted molar refractivity (Wildman–Crippen MR) is 128 cm³/mol. The van der Waals surface area contributed by atoms with Crippen LogP contribution in [0.5, 0.6) is 5.75 Å². The largest absolute Gasteiger partial charge is 0.494 e. The van der Waals surface area contributed by atoms with Gasteiger partial charge >= 0.3 is 0 Å². The van der Waals surface area contributed by atoms with Gasteiger partial charge in [0.15, 0.2) is 0 Å². The SMILES string of the molecule is O=S(=O)(CCCOc1ccc(F)cc1)N1CCN(C(c2ccccc2)c2ccccc2)CC1. The van der Waals surface area contributed by atoms with Gasteiger partial charge in [-0.1, -0.05) is 60.7 Å². The molecule has 3 aromatic rings. The molecule has 174 valence electrons. The Morgan fingerprint density at radius 3 is 1.88 bits per heavy atom. The fraction of sp³-hybridized carbons (Fsp3) is 0.308. The van der Waals surface area contributed by atoms with E-state index in [2.05, 4.69) is 29.2 Å². The molecule has 0 amide bonds. The van der Waals surface area contributed by atoms with Crippen LogP contribution in [0.3, 0.4) is 0 Å². The summed E-state index contributed by atoms with van der Waals surface area (Å²) in [6, 6.07) is 26.5. The summed E-state index contributed by atoms with van der Waals surface area (Å²) in [6.07, 6.45) is 0.385. The van der Waals surface area contributed by atoms with Crippen LogP contribution in [-0.2, 0) is 10.0 Å². The van der Waals surface area contributed by atoms with E-state index in [0.29, 0.717) is 38.3 Å². The minimum absolute atomic E-state index is 0.0367.